The fourth-order valence-electron chi connectivity index (χ4n) is 3.89. The lowest BCUT2D eigenvalue weighted by Crippen LogP contribution is -2.72. The molecule has 1 aromatic heterocycles. The number of rotatable bonds is 2. The molecular formula is C17H21N5O4. The van der Waals surface area contributed by atoms with Crippen LogP contribution in [-0.2, 0) is 14.3 Å². The molecule has 3 aliphatic heterocycles. The first-order valence-electron chi connectivity index (χ1n) is 8.68. The third kappa shape index (κ3) is 2.82. The molecule has 9 heteroatoms. The maximum absolute atomic E-state index is 12.7. The zero-order valence-corrected chi connectivity index (χ0v) is 14.6. The van der Waals surface area contributed by atoms with E-state index in [2.05, 4.69) is 15.5 Å². The molecule has 0 bridgehead atoms. The number of nitrogens with one attached hydrogen (secondary N) is 1. The van der Waals surface area contributed by atoms with E-state index < -0.39 is 11.0 Å². The van der Waals surface area contributed by atoms with Gasteiger partial charge in [-0.1, -0.05) is 0 Å². The molecule has 138 valence electrons. The number of ether oxygens (including phenoxy) is 1. The van der Waals surface area contributed by atoms with Gasteiger partial charge < -0.3 is 19.9 Å². The summed E-state index contributed by atoms with van der Waals surface area (Å²) < 4.78 is 5.91. The largest absolute Gasteiger partial charge is 0.368 e. The first-order valence-corrected chi connectivity index (χ1v) is 8.68. The maximum atomic E-state index is 12.7. The van der Waals surface area contributed by atoms with E-state index in [1.54, 1.807) is 21.9 Å². The third-order valence-corrected chi connectivity index (χ3v) is 5.32. The van der Waals surface area contributed by atoms with Gasteiger partial charge in [0.2, 0.25) is 11.8 Å². The third-order valence-electron chi connectivity index (χ3n) is 5.32. The van der Waals surface area contributed by atoms with E-state index in [0.717, 1.165) is 0 Å². The first-order chi connectivity index (χ1) is 12.4. The van der Waals surface area contributed by atoms with Crippen LogP contribution in [0.2, 0.25) is 0 Å². The SMILES string of the molecule is CC1(C(=O)N2CC3(CN(C(=O)c4cccnn4)CCO3)C2)CNC(=O)C1. The Morgan fingerprint density at radius 3 is 2.69 bits per heavy atom. The zero-order valence-electron chi connectivity index (χ0n) is 14.6. The van der Waals surface area contributed by atoms with Crippen molar-refractivity contribution in [2.45, 2.75) is 18.9 Å². The summed E-state index contributed by atoms with van der Waals surface area (Å²) in [6.07, 6.45) is 1.74. The molecule has 3 amide bonds. The number of hydrogen-bond acceptors (Lipinski definition) is 6. The summed E-state index contributed by atoms with van der Waals surface area (Å²) in [5, 5.41) is 10.3. The van der Waals surface area contributed by atoms with E-state index in [4.69, 9.17) is 4.74 Å². The highest BCUT2D eigenvalue weighted by Crippen LogP contribution is 2.35. The van der Waals surface area contributed by atoms with Crippen molar-refractivity contribution < 1.29 is 19.1 Å². The molecule has 3 saturated heterocycles. The predicted molar refractivity (Wildman–Crippen MR) is 88.9 cm³/mol. The maximum Gasteiger partial charge on any atom is 0.274 e. The normalized spacial score (nSPS) is 27.2. The summed E-state index contributed by atoms with van der Waals surface area (Å²) in [4.78, 5) is 40.2. The number of amides is 3. The minimum absolute atomic E-state index is 0.0394. The average Bonchev–Trinajstić information content (AvgIpc) is 2.99. The van der Waals surface area contributed by atoms with Crippen molar-refractivity contribution in [3.63, 3.8) is 0 Å². The van der Waals surface area contributed by atoms with E-state index in [-0.39, 0.29) is 24.1 Å². The summed E-state index contributed by atoms with van der Waals surface area (Å²) in [7, 11) is 0. The van der Waals surface area contributed by atoms with Crippen molar-refractivity contribution >= 4 is 17.7 Å². The Labute approximate surface area is 150 Å². The lowest BCUT2D eigenvalue weighted by atomic mass is 9.83. The van der Waals surface area contributed by atoms with Crippen molar-refractivity contribution in [3.05, 3.63) is 24.0 Å². The highest BCUT2D eigenvalue weighted by Gasteiger charge is 2.54. The minimum atomic E-state index is -0.692. The fourth-order valence-corrected chi connectivity index (χ4v) is 3.89. The van der Waals surface area contributed by atoms with Crippen LogP contribution in [0.25, 0.3) is 0 Å². The average molecular weight is 359 g/mol. The molecule has 9 nitrogen and oxygen atoms in total. The van der Waals surface area contributed by atoms with Crippen LogP contribution in [0, 0.1) is 5.41 Å². The molecule has 1 unspecified atom stereocenters. The molecule has 1 spiro atoms. The van der Waals surface area contributed by atoms with Crippen molar-refractivity contribution in [3.8, 4) is 0 Å². The van der Waals surface area contributed by atoms with Crippen LogP contribution in [0.5, 0.6) is 0 Å². The molecule has 1 N–H and O–H groups in total. The van der Waals surface area contributed by atoms with Gasteiger partial charge >= 0.3 is 0 Å². The summed E-state index contributed by atoms with van der Waals surface area (Å²) in [6.45, 7) is 4.36. The van der Waals surface area contributed by atoms with E-state index >= 15 is 0 Å². The topological polar surface area (TPSA) is 105 Å². The number of nitrogens with zero attached hydrogens (tertiary/aromatic N) is 4. The Hall–Kier alpha value is -2.55. The van der Waals surface area contributed by atoms with Crippen LogP contribution < -0.4 is 5.32 Å². The van der Waals surface area contributed by atoms with Crippen LogP contribution in [0.1, 0.15) is 23.8 Å². The van der Waals surface area contributed by atoms with Crippen LogP contribution in [0.3, 0.4) is 0 Å². The van der Waals surface area contributed by atoms with Gasteiger partial charge in [-0.15, -0.1) is 5.10 Å². The smallest absolute Gasteiger partial charge is 0.274 e. The Balaban J connectivity index is 1.39. The second-order valence-corrected chi connectivity index (χ2v) is 7.54. The first kappa shape index (κ1) is 16.9. The van der Waals surface area contributed by atoms with Gasteiger partial charge in [-0.25, -0.2) is 0 Å². The Bertz CT molecular complexity index is 749. The number of carbonyl (C=O) groups is 3. The van der Waals surface area contributed by atoms with Gasteiger partial charge in [0, 0.05) is 25.7 Å². The lowest BCUT2D eigenvalue weighted by Gasteiger charge is -2.54. The minimum Gasteiger partial charge on any atom is -0.368 e. The highest BCUT2D eigenvalue weighted by atomic mass is 16.5. The summed E-state index contributed by atoms with van der Waals surface area (Å²) in [5.74, 6) is -0.309. The molecule has 26 heavy (non-hydrogen) atoms. The van der Waals surface area contributed by atoms with Crippen molar-refractivity contribution in [2.75, 3.05) is 39.3 Å². The molecule has 3 aliphatic rings. The van der Waals surface area contributed by atoms with Gasteiger partial charge in [0.1, 0.15) is 5.60 Å². The van der Waals surface area contributed by atoms with E-state index in [0.29, 0.717) is 45.0 Å². The Morgan fingerprint density at radius 2 is 2.04 bits per heavy atom. The summed E-state index contributed by atoms with van der Waals surface area (Å²) in [5.41, 5.74) is -0.916. The highest BCUT2D eigenvalue weighted by molar-refractivity contribution is 5.93. The lowest BCUT2D eigenvalue weighted by molar-refractivity contribution is -0.192. The predicted octanol–water partition coefficient (Wildman–Crippen LogP) is -0.944. The number of morpholine rings is 1. The van der Waals surface area contributed by atoms with Gasteiger partial charge in [0.05, 0.1) is 31.7 Å². The molecule has 4 heterocycles. The number of carbonyl (C=O) groups excluding carboxylic acids is 3. The molecule has 4 rings (SSSR count). The quantitative estimate of drug-likeness (QED) is 0.731. The van der Waals surface area contributed by atoms with Gasteiger partial charge in [-0.2, -0.15) is 5.10 Å². The fraction of sp³-hybridized carbons (Fsp3) is 0.588. The zero-order chi connectivity index (χ0) is 18.4. The van der Waals surface area contributed by atoms with E-state index in [1.165, 1.54) is 6.20 Å². The molecule has 0 aliphatic carbocycles. The van der Waals surface area contributed by atoms with Crippen molar-refractivity contribution in [2.24, 2.45) is 5.41 Å². The second-order valence-electron chi connectivity index (χ2n) is 7.54. The monoisotopic (exact) mass is 359 g/mol. The Kier molecular flexibility index (Phi) is 3.91. The molecular weight excluding hydrogens is 338 g/mol. The second kappa shape index (κ2) is 6.01. The molecule has 0 aromatic carbocycles. The number of likely N-dealkylation sites (tertiary alicyclic amines) is 1. The van der Waals surface area contributed by atoms with Crippen LogP contribution >= 0.6 is 0 Å². The molecule has 0 radical (unpaired) electrons. The van der Waals surface area contributed by atoms with Gasteiger partial charge in [-0.05, 0) is 19.1 Å². The molecule has 1 atom stereocenters. The van der Waals surface area contributed by atoms with E-state index in [1.807, 2.05) is 6.92 Å². The summed E-state index contributed by atoms with van der Waals surface area (Å²) >= 11 is 0. The molecule has 0 saturated carbocycles. The summed E-state index contributed by atoms with van der Waals surface area (Å²) in [6, 6.07) is 3.32. The van der Waals surface area contributed by atoms with Gasteiger partial charge in [-0.3, -0.25) is 14.4 Å². The number of aromatic nitrogens is 2. The molecule has 3 fully saturated rings. The number of hydrogen-bond donors (Lipinski definition) is 1. The van der Waals surface area contributed by atoms with Crippen LogP contribution in [0.15, 0.2) is 18.3 Å². The van der Waals surface area contributed by atoms with E-state index in [9.17, 15) is 14.4 Å². The standard InChI is InChI=1S/C17H21N5O4/c1-16(7-13(23)18-8-16)15(25)22-10-17(11-22)9-21(5-6-26-17)14(24)12-3-2-4-19-20-12/h2-4H,5-11H2,1H3,(H,18,23). The van der Waals surface area contributed by atoms with Crippen LogP contribution in [-0.4, -0.2) is 82.7 Å². The van der Waals surface area contributed by atoms with Crippen LogP contribution in [0.4, 0.5) is 0 Å². The molecule has 1 aromatic rings. The van der Waals surface area contributed by atoms with Gasteiger partial charge in [0.15, 0.2) is 5.69 Å². The van der Waals surface area contributed by atoms with Crippen molar-refractivity contribution in [1.29, 1.82) is 0 Å². The van der Waals surface area contributed by atoms with Gasteiger partial charge in [0.25, 0.3) is 5.91 Å². The Morgan fingerprint density at radius 1 is 1.27 bits per heavy atom. The van der Waals surface area contributed by atoms with Crippen molar-refractivity contribution in [1.82, 2.24) is 25.3 Å².